The maximum Gasteiger partial charge on any atom is 0 e. The molecular formula is C7H12CuO4P-3. The van der Waals surface area contributed by atoms with Crippen molar-refractivity contribution in [3.05, 3.63) is 12.7 Å². The van der Waals surface area contributed by atoms with Gasteiger partial charge in [-0.3, -0.25) is 0 Å². The minimum Gasteiger partial charge on any atom is 0 e. The van der Waals surface area contributed by atoms with Crippen LogP contribution in [0.25, 0.3) is 0 Å². The maximum absolute atomic E-state index is 10.9. The summed E-state index contributed by atoms with van der Waals surface area (Å²) in [6.07, 6.45) is -0.295. The second-order valence-corrected chi connectivity index (χ2v) is 6.21. The Hall–Kier alpha value is 0.239. The van der Waals surface area contributed by atoms with Gasteiger partial charge in [-0.1, -0.05) is 0 Å². The third-order valence-corrected chi connectivity index (χ3v) is 3.94. The predicted molar refractivity (Wildman–Crippen MR) is 42.1 cm³/mol. The van der Waals surface area contributed by atoms with Crippen molar-refractivity contribution in [1.82, 2.24) is 0 Å². The second kappa shape index (κ2) is 5.20. The van der Waals surface area contributed by atoms with E-state index in [0.717, 1.165) is 6.08 Å². The summed E-state index contributed by atoms with van der Waals surface area (Å²) in [5, 5.41) is 0. The summed E-state index contributed by atoms with van der Waals surface area (Å²) in [6.45, 7) is 4.45. The van der Waals surface area contributed by atoms with Crippen LogP contribution in [0, 0.1) is 0 Å². The molecule has 0 bridgehead atoms. The Balaban J connectivity index is 0. The Labute approximate surface area is 88.3 Å². The Morgan fingerprint density at radius 3 is 2.23 bits per heavy atom. The van der Waals surface area contributed by atoms with E-state index in [1.165, 1.54) is 6.92 Å². The summed E-state index contributed by atoms with van der Waals surface area (Å²) in [7, 11) is -5.23. The molecule has 0 saturated carbocycles. The van der Waals surface area contributed by atoms with E-state index < -0.39 is 25.4 Å². The Morgan fingerprint density at radius 1 is 1.46 bits per heavy atom. The first-order chi connectivity index (χ1) is 5.28. The van der Waals surface area contributed by atoms with Crippen LogP contribution in [0.2, 0.25) is 0 Å². The molecular weight excluding hydrogens is 243 g/mol. The van der Waals surface area contributed by atoms with E-state index in [2.05, 4.69) is 6.58 Å². The zero-order chi connectivity index (χ0) is 9.85. The van der Waals surface area contributed by atoms with Crippen molar-refractivity contribution >= 4 is 13.1 Å². The van der Waals surface area contributed by atoms with Crippen LogP contribution in [0.4, 0.5) is 0 Å². The van der Waals surface area contributed by atoms with Crippen molar-refractivity contribution in [2.24, 2.45) is 0 Å². The van der Waals surface area contributed by atoms with Gasteiger partial charge in [0, 0.05) is 17.1 Å². The molecule has 6 heteroatoms. The van der Waals surface area contributed by atoms with Crippen molar-refractivity contribution < 1.29 is 36.5 Å². The molecule has 0 heterocycles. The molecule has 0 aromatic carbocycles. The molecule has 0 saturated heterocycles. The molecule has 0 fully saturated rings. The molecule has 0 N–H and O–H groups in total. The summed E-state index contributed by atoms with van der Waals surface area (Å²) in [4.78, 5) is 43.3. The molecule has 83 valence electrons. The van der Waals surface area contributed by atoms with Crippen molar-refractivity contribution in [2.45, 2.75) is 13.3 Å². The Bertz CT molecular complexity index is 196. The van der Waals surface area contributed by atoms with Crippen molar-refractivity contribution in [3.8, 4) is 0 Å². The Kier molecular flexibility index (Phi) is 6.28. The second-order valence-electron chi connectivity index (χ2n) is 2.68. The van der Waals surface area contributed by atoms with Crippen LogP contribution in [-0.2, 0) is 21.9 Å². The number of ketones is 1. The molecule has 0 unspecified atom stereocenters. The topological polar surface area (TPSA) is 86.2 Å². The van der Waals surface area contributed by atoms with Gasteiger partial charge < -0.3 is 0 Å². The van der Waals surface area contributed by atoms with Crippen LogP contribution in [-0.4, -0.2) is 18.1 Å². The van der Waals surface area contributed by atoms with Crippen molar-refractivity contribution in [2.75, 3.05) is 12.3 Å². The number of hydrogen-bond acceptors (Lipinski definition) is 4. The van der Waals surface area contributed by atoms with E-state index >= 15 is 0 Å². The van der Waals surface area contributed by atoms with Gasteiger partial charge in [0.2, 0.25) is 0 Å². The van der Waals surface area contributed by atoms with Crippen LogP contribution in [0.5, 0.6) is 0 Å². The largest absolute Gasteiger partial charge is 0 e. The van der Waals surface area contributed by atoms with Gasteiger partial charge in [-0.15, -0.1) is 0 Å². The third kappa shape index (κ3) is 7.32. The molecule has 4 nitrogen and oxygen atoms in total. The average molecular weight is 255 g/mol. The Morgan fingerprint density at radius 2 is 1.92 bits per heavy atom. The van der Waals surface area contributed by atoms with E-state index in [0.29, 0.717) is 0 Å². The van der Waals surface area contributed by atoms with Gasteiger partial charge in [-0.25, -0.2) is 0 Å². The zero-order valence-electron chi connectivity index (χ0n) is 7.29. The van der Waals surface area contributed by atoms with Gasteiger partial charge in [-0.2, -0.15) is 0 Å². The van der Waals surface area contributed by atoms with E-state index in [1.54, 1.807) is 0 Å². The molecule has 0 aromatic rings. The van der Waals surface area contributed by atoms with Gasteiger partial charge in [0.25, 0.3) is 0 Å². The van der Waals surface area contributed by atoms with E-state index in [4.69, 9.17) is 0 Å². The van der Waals surface area contributed by atoms with Crippen LogP contribution >= 0.6 is 7.28 Å². The first kappa shape index (κ1) is 15.7. The predicted octanol–water partition coefficient (Wildman–Crippen LogP) is -1.47. The SMILES string of the molecule is C=CC(=O)CCP([O-])([O-])([O-])CC.[Cu]. The molecule has 0 aliphatic rings. The fourth-order valence-corrected chi connectivity index (χ4v) is 1.55. The number of rotatable bonds is 5. The van der Waals surface area contributed by atoms with E-state index in [1.807, 2.05) is 0 Å². The summed E-state index contributed by atoms with van der Waals surface area (Å²) >= 11 is 0. The number of carbonyl (C=O) groups is 1. The van der Waals surface area contributed by atoms with Crippen molar-refractivity contribution in [1.29, 1.82) is 0 Å². The van der Waals surface area contributed by atoms with Crippen LogP contribution in [0.1, 0.15) is 13.3 Å². The fraction of sp³-hybridized carbons (Fsp3) is 0.571. The van der Waals surface area contributed by atoms with Gasteiger partial charge in [0.1, 0.15) is 0 Å². The average Bonchev–Trinajstić information content (AvgIpc) is 2.00. The maximum atomic E-state index is 10.9. The minimum absolute atomic E-state index is 0. The zero-order valence-corrected chi connectivity index (χ0v) is 9.12. The van der Waals surface area contributed by atoms with E-state index in [9.17, 15) is 19.5 Å². The minimum atomic E-state index is -5.23. The molecule has 0 aromatic heterocycles. The molecule has 0 rings (SSSR count). The molecule has 0 amide bonds. The number of allylic oxidation sites excluding steroid dienone is 1. The molecule has 0 atom stereocenters. The summed E-state index contributed by atoms with van der Waals surface area (Å²) < 4.78 is 0. The van der Waals surface area contributed by atoms with Crippen molar-refractivity contribution in [3.63, 3.8) is 0 Å². The monoisotopic (exact) mass is 254 g/mol. The normalized spacial score (nSPS) is 13.7. The summed E-state index contributed by atoms with van der Waals surface area (Å²) in [5.41, 5.74) is 0. The molecule has 1 radical (unpaired) electrons. The first-order valence-corrected chi connectivity index (χ1v) is 6.00. The molecule has 0 aliphatic carbocycles. The smallest absolute Gasteiger partial charge is 0 e. The van der Waals surface area contributed by atoms with Gasteiger partial charge in [0.15, 0.2) is 0 Å². The number of carbonyl (C=O) groups excluding carboxylic acids is 1. The van der Waals surface area contributed by atoms with E-state index in [-0.39, 0.29) is 23.5 Å². The van der Waals surface area contributed by atoms with Crippen LogP contribution in [0.3, 0.4) is 0 Å². The third-order valence-electron chi connectivity index (χ3n) is 1.63. The molecule has 0 spiro atoms. The molecule has 13 heavy (non-hydrogen) atoms. The summed E-state index contributed by atoms with van der Waals surface area (Å²) in [5.74, 6) is -0.417. The number of hydrogen-bond donors (Lipinski definition) is 0. The molecule has 0 aliphatic heterocycles. The first-order valence-electron chi connectivity index (χ1n) is 3.64. The van der Waals surface area contributed by atoms with Gasteiger partial charge >= 0.3 is 70.9 Å². The van der Waals surface area contributed by atoms with Crippen LogP contribution < -0.4 is 14.7 Å². The quantitative estimate of drug-likeness (QED) is 0.340. The van der Waals surface area contributed by atoms with Crippen LogP contribution in [0.15, 0.2) is 12.7 Å². The summed E-state index contributed by atoms with van der Waals surface area (Å²) in [6, 6.07) is 0. The van der Waals surface area contributed by atoms with Gasteiger partial charge in [-0.05, 0) is 0 Å². The standard InChI is InChI=1S/C7H12O4P.Cu/c1-3-7(8)5-6-12(9,10,11)4-2;/h3H,1,4-6H2,2H3;/q-3;. The fourth-order valence-electron chi connectivity index (χ4n) is 0.586. The van der Waals surface area contributed by atoms with Gasteiger partial charge in [0.05, 0.1) is 0 Å².